The van der Waals surface area contributed by atoms with Crippen LogP contribution in [0.25, 0.3) is 0 Å². The number of rotatable bonds is 8. The molecule has 0 saturated carbocycles. The molecule has 0 aliphatic carbocycles. The number of amides is 1. The number of hydrogen-bond acceptors (Lipinski definition) is 4. The van der Waals surface area contributed by atoms with Gasteiger partial charge in [-0.15, -0.1) is 0 Å². The molecule has 1 aliphatic rings. The topological polar surface area (TPSA) is 53.6 Å². The van der Waals surface area contributed by atoms with Crippen molar-refractivity contribution in [3.63, 3.8) is 0 Å². The van der Waals surface area contributed by atoms with Gasteiger partial charge in [-0.3, -0.25) is 9.69 Å². The van der Waals surface area contributed by atoms with Gasteiger partial charge < -0.3 is 15.4 Å². The molecule has 1 amide bonds. The van der Waals surface area contributed by atoms with Crippen LogP contribution in [0.2, 0.25) is 0 Å². The Morgan fingerprint density at radius 3 is 2.65 bits per heavy atom. The molecule has 1 rings (SSSR count). The summed E-state index contributed by atoms with van der Waals surface area (Å²) < 4.78 is 5.55. The smallest absolute Gasteiger partial charge is 0.207 e. The average Bonchev–Trinajstić information content (AvgIpc) is 2.41. The molecule has 1 atom stereocenters. The lowest BCUT2D eigenvalue weighted by Gasteiger charge is -2.32. The molecule has 20 heavy (non-hydrogen) atoms. The van der Waals surface area contributed by atoms with Gasteiger partial charge >= 0.3 is 0 Å². The van der Waals surface area contributed by atoms with E-state index in [2.05, 4.69) is 43.2 Å². The first-order chi connectivity index (χ1) is 9.60. The summed E-state index contributed by atoms with van der Waals surface area (Å²) in [7, 11) is 0. The molecule has 0 aromatic heterocycles. The highest BCUT2D eigenvalue weighted by molar-refractivity contribution is 5.45. The van der Waals surface area contributed by atoms with E-state index in [4.69, 9.17) is 4.74 Å². The summed E-state index contributed by atoms with van der Waals surface area (Å²) in [4.78, 5) is 12.6. The molecule has 1 heterocycles. The summed E-state index contributed by atoms with van der Waals surface area (Å²) in [5.41, 5.74) is 0. The van der Waals surface area contributed by atoms with Gasteiger partial charge in [0.05, 0.1) is 12.7 Å². The Labute approximate surface area is 124 Å². The van der Waals surface area contributed by atoms with Crippen molar-refractivity contribution < 1.29 is 9.53 Å². The Balaban J connectivity index is 0.000000796. The predicted molar refractivity (Wildman–Crippen MR) is 83.9 cm³/mol. The summed E-state index contributed by atoms with van der Waals surface area (Å²) in [6.45, 7) is 15.1. The first-order valence-corrected chi connectivity index (χ1v) is 7.81. The second kappa shape index (κ2) is 13.3. The summed E-state index contributed by atoms with van der Waals surface area (Å²) in [5, 5.41) is 6.05. The molecule has 0 aromatic carbocycles. The van der Waals surface area contributed by atoms with Crippen LogP contribution in [-0.4, -0.2) is 63.3 Å². The second-order valence-electron chi connectivity index (χ2n) is 5.80. The van der Waals surface area contributed by atoms with E-state index in [-0.39, 0.29) is 6.10 Å². The highest BCUT2D eigenvalue weighted by Crippen LogP contribution is 2.03. The predicted octanol–water partition coefficient (Wildman–Crippen LogP) is 1.10. The van der Waals surface area contributed by atoms with Gasteiger partial charge in [0.15, 0.2) is 0 Å². The van der Waals surface area contributed by atoms with Gasteiger partial charge in [0.1, 0.15) is 0 Å². The van der Waals surface area contributed by atoms with Crippen molar-refractivity contribution in [1.82, 2.24) is 15.5 Å². The van der Waals surface area contributed by atoms with Crippen LogP contribution in [0, 0.1) is 5.92 Å². The summed E-state index contributed by atoms with van der Waals surface area (Å²) in [5.74, 6) is 0.833. The van der Waals surface area contributed by atoms with Crippen molar-refractivity contribution in [2.24, 2.45) is 5.92 Å². The number of nitrogens with zero attached hydrogens (tertiary/aromatic N) is 1. The Kier molecular flexibility index (Phi) is 12.9. The number of ether oxygens (including phenoxy) is 1. The van der Waals surface area contributed by atoms with Gasteiger partial charge in [0, 0.05) is 32.7 Å². The number of hydrogen-bond donors (Lipinski definition) is 2. The van der Waals surface area contributed by atoms with Crippen LogP contribution in [-0.2, 0) is 9.53 Å². The Morgan fingerprint density at radius 1 is 1.35 bits per heavy atom. The van der Waals surface area contributed by atoms with E-state index in [0.29, 0.717) is 6.54 Å². The highest BCUT2D eigenvalue weighted by atomic mass is 16.5. The zero-order chi connectivity index (χ0) is 15.2. The van der Waals surface area contributed by atoms with E-state index in [9.17, 15) is 4.79 Å². The third kappa shape index (κ3) is 12.4. The molecule has 1 unspecified atom stereocenters. The SMILES string of the molecule is CC(C)C.CCCNCCN1CCOC(CNC=O)C1. The van der Waals surface area contributed by atoms with E-state index in [0.717, 1.165) is 51.7 Å². The van der Waals surface area contributed by atoms with Crippen LogP contribution in [0.1, 0.15) is 34.1 Å². The van der Waals surface area contributed by atoms with Gasteiger partial charge in [-0.05, 0) is 18.9 Å². The van der Waals surface area contributed by atoms with Gasteiger partial charge in [-0.25, -0.2) is 0 Å². The number of nitrogens with one attached hydrogen (secondary N) is 2. The molecule has 0 radical (unpaired) electrons. The van der Waals surface area contributed by atoms with Gasteiger partial charge in [0.25, 0.3) is 0 Å². The van der Waals surface area contributed by atoms with E-state index < -0.39 is 0 Å². The minimum Gasteiger partial charge on any atom is -0.374 e. The fourth-order valence-corrected chi connectivity index (χ4v) is 1.83. The fourth-order valence-electron chi connectivity index (χ4n) is 1.83. The number of morpholine rings is 1. The molecule has 1 fully saturated rings. The van der Waals surface area contributed by atoms with Crippen molar-refractivity contribution in [2.45, 2.75) is 40.2 Å². The van der Waals surface area contributed by atoms with Crippen molar-refractivity contribution >= 4 is 6.41 Å². The summed E-state index contributed by atoms with van der Waals surface area (Å²) >= 11 is 0. The molecular weight excluding hydrogens is 254 g/mol. The van der Waals surface area contributed by atoms with Crippen LogP contribution in [0.3, 0.4) is 0 Å². The first-order valence-electron chi connectivity index (χ1n) is 7.81. The molecule has 0 spiro atoms. The second-order valence-corrected chi connectivity index (χ2v) is 5.80. The maximum absolute atomic E-state index is 10.2. The third-order valence-electron chi connectivity index (χ3n) is 2.68. The molecule has 1 aliphatic heterocycles. The largest absolute Gasteiger partial charge is 0.374 e. The van der Waals surface area contributed by atoms with Gasteiger partial charge in [0.2, 0.25) is 6.41 Å². The molecule has 120 valence electrons. The van der Waals surface area contributed by atoms with Crippen LogP contribution in [0.15, 0.2) is 0 Å². The Morgan fingerprint density at radius 2 is 2.05 bits per heavy atom. The molecule has 0 aromatic rings. The average molecular weight is 287 g/mol. The Hall–Kier alpha value is -0.650. The highest BCUT2D eigenvalue weighted by Gasteiger charge is 2.19. The van der Waals surface area contributed by atoms with E-state index in [1.54, 1.807) is 0 Å². The van der Waals surface area contributed by atoms with E-state index in [1.807, 2.05) is 0 Å². The van der Waals surface area contributed by atoms with Crippen molar-refractivity contribution in [2.75, 3.05) is 45.9 Å². The lowest BCUT2D eigenvalue weighted by Crippen LogP contribution is -2.48. The van der Waals surface area contributed by atoms with E-state index in [1.165, 1.54) is 6.42 Å². The molecular formula is C15H33N3O2. The molecule has 5 nitrogen and oxygen atoms in total. The molecule has 5 heteroatoms. The van der Waals surface area contributed by atoms with Crippen LogP contribution >= 0.6 is 0 Å². The van der Waals surface area contributed by atoms with Crippen LogP contribution in [0.4, 0.5) is 0 Å². The monoisotopic (exact) mass is 287 g/mol. The number of carbonyl (C=O) groups excluding carboxylic acids is 1. The lowest BCUT2D eigenvalue weighted by atomic mass is 10.2. The quantitative estimate of drug-likeness (QED) is 0.518. The maximum Gasteiger partial charge on any atom is 0.207 e. The maximum atomic E-state index is 10.2. The standard InChI is InChI=1S/C11H23N3O2.C4H10/c1-2-3-12-4-5-14-6-7-16-11(9-14)8-13-10-15;1-4(2)3/h10-12H,2-9H2,1H3,(H,13,15);4H,1-3H3. The van der Waals surface area contributed by atoms with Crippen molar-refractivity contribution in [3.8, 4) is 0 Å². The Bertz CT molecular complexity index is 222. The minimum absolute atomic E-state index is 0.144. The van der Waals surface area contributed by atoms with Crippen LogP contribution < -0.4 is 10.6 Å². The van der Waals surface area contributed by atoms with Crippen LogP contribution in [0.5, 0.6) is 0 Å². The fraction of sp³-hybridized carbons (Fsp3) is 0.933. The lowest BCUT2D eigenvalue weighted by molar-refractivity contribution is -0.110. The summed E-state index contributed by atoms with van der Waals surface area (Å²) in [6.07, 6.45) is 2.05. The molecule has 0 bridgehead atoms. The summed E-state index contributed by atoms with van der Waals surface area (Å²) in [6, 6.07) is 0. The van der Waals surface area contributed by atoms with E-state index >= 15 is 0 Å². The first kappa shape index (κ1) is 19.4. The zero-order valence-electron chi connectivity index (χ0n) is 13.7. The number of carbonyl (C=O) groups is 1. The molecule has 1 saturated heterocycles. The van der Waals surface area contributed by atoms with Gasteiger partial charge in [-0.2, -0.15) is 0 Å². The zero-order valence-corrected chi connectivity index (χ0v) is 13.7. The third-order valence-corrected chi connectivity index (χ3v) is 2.68. The normalized spacial score (nSPS) is 19.4. The van der Waals surface area contributed by atoms with Crippen molar-refractivity contribution in [1.29, 1.82) is 0 Å². The van der Waals surface area contributed by atoms with Gasteiger partial charge in [-0.1, -0.05) is 27.7 Å². The van der Waals surface area contributed by atoms with Crippen molar-refractivity contribution in [3.05, 3.63) is 0 Å². The minimum atomic E-state index is 0.144. The molecule has 2 N–H and O–H groups in total.